The number of nitrogens with one attached hydrogen (secondary N) is 1. The summed E-state index contributed by atoms with van der Waals surface area (Å²) in [5, 5.41) is 12.8. The molecular weight excluding hydrogens is 186 g/mol. The van der Waals surface area contributed by atoms with Crippen LogP contribution in [0, 0.1) is 17.3 Å². The molecule has 4 unspecified atom stereocenters. The van der Waals surface area contributed by atoms with E-state index in [9.17, 15) is 5.11 Å². The lowest BCUT2D eigenvalue weighted by molar-refractivity contribution is -0.00446. The van der Waals surface area contributed by atoms with Crippen LogP contribution in [0.5, 0.6) is 0 Å². The second kappa shape index (κ2) is 4.42. The lowest BCUT2D eigenvalue weighted by atomic mass is 9.56. The molecule has 2 rings (SSSR count). The summed E-state index contributed by atoms with van der Waals surface area (Å²) in [7, 11) is 2.00. The van der Waals surface area contributed by atoms with E-state index in [1.165, 1.54) is 38.5 Å². The lowest BCUT2D eigenvalue weighted by Crippen LogP contribution is -2.51. The van der Waals surface area contributed by atoms with Gasteiger partial charge in [-0.15, -0.1) is 0 Å². The molecule has 0 saturated heterocycles. The van der Waals surface area contributed by atoms with E-state index in [2.05, 4.69) is 12.2 Å². The van der Waals surface area contributed by atoms with Crippen LogP contribution >= 0.6 is 0 Å². The molecule has 4 atom stereocenters. The molecule has 2 bridgehead atoms. The van der Waals surface area contributed by atoms with Gasteiger partial charge in [0.25, 0.3) is 0 Å². The van der Waals surface area contributed by atoms with Crippen LogP contribution in [-0.2, 0) is 0 Å². The maximum atomic E-state index is 9.51. The Labute approximate surface area is 93.5 Å². The largest absolute Gasteiger partial charge is 0.395 e. The van der Waals surface area contributed by atoms with E-state index in [4.69, 9.17) is 0 Å². The average molecular weight is 211 g/mol. The summed E-state index contributed by atoms with van der Waals surface area (Å²) < 4.78 is 0. The van der Waals surface area contributed by atoms with Crippen molar-refractivity contribution in [3.05, 3.63) is 0 Å². The van der Waals surface area contributed by atoms with Gasteiger partial charge in [-0.05, 0) is 50.0 Å². The number of hydrogen-bond donors (Lipinski definition) is 2. The second-order valence-electron chi connectivity index (χ2n) is 5.89. The van der Waals surface area contributed by atoms with Crippen LogP contribution in [0.15, 0.2) is 0 Å². The first-order valence-corrected chi connectivity index (χ1v) is 6.48. The van der Waals surface area contributed by atoms with Gasteiger partial charge in [0.15, 0.2) is 0 Å². The Kier molecular flexibility index (Phi) is 3.36. The van der Waals surface area contributed by atoms with Crippen molar-refractivity contribution in [3.8, 4) is 0 Å². The van der Waals surface area contributed by atoms with E-state index >= 15 is 0 Å². The third kappa shape index (κ3) is 2.07. The highest BCUT2D eigenvalue weighted by Gasteiger charge is 2.45. The standard InChI is InChI=1S/C13H25NO/c1-10-6-11-4-3-5-13(7-10,8-11)12(9-15)14-2/h10-12,14-15H,3-9H2,1-2H3. The lowest BCUT2D eigenvalue weighted by Gasteiger charge is -2.51. The number of aliphatic hydroxyl groups excluding tert-OH is 1. The van der Waals surface area contributed by atoms with Crippen LogP contribution in [0.1, 0.15) is 45.4 Å². The predicted molar refractivity (Wildman–Crippen MR) is 62.7 cm³/mol. The van der Waals surface area contributed by atoms with Crippen molar-refractivity contribution < 1.29 is 5.11 Å². The molecule has 0 aromatic carbocycles. The van der Waals surface area contributed by atoms with E-state index in [0.29, 0.717) is 18.1 Å². The SMILES string of the molecule is CNC(CO)C12CCCC(CC(C)C1)C2. The zero-order valence-electron chi connectivity index (χ0n) is 10.1. The van der Waals surface area contributed by atoms with Crippen molar-refractivity contribution in [2.45, 2.75) is 51.5 Å². The second-order valence-corrected chi connectivity index (χ2v) is 5.89. The van der Waals surface area contributed by atoms with Gasteiger partial charge in [-0.3, -0.25) is 0 Å². The first-order valence-electron chi connectivity index (χ1n) is 6.48. The molecule has 0 aromatic rings. The van der Waals surface area contributed by atoms with Crippen LogP contribution in [0.4, 0.5) is 0 Å². The van der Waals surface area contributed by atoms with Crippen molar-refractivity contribution in [2.75, 3.05) is 13.7 Å². The summed E-state index contributed by atoms with van der Waals surface area (Å²) in [5.41, 5.74) is 0.407. The number of fused-ring (bicyclic) bond motifs is 2. The Hall–Kier alpha value is -0.0800. The molecule has 2 N–H and O–H groups in total. The minimum Gasteiger partial charge on any atom is -0.395 e. The monoisotopic (exact) mass is 211 g/mol. The fourth-order valence-electron chi connectivity index (χ4n) is 4.30. The van der Waals surface area contributed by atoms with E-state index in [-0.39, 0.29) is 0 Å². The molecule has 0 spiro atoms. The van der Waals surface area contributed by atoms with Crippen LogP contribution in [0.2, 0.25) is 0 Å². The molecule has 2 heteroatoms. The number of hydrogen-bond acceptors (Lipinski definition) is 2. The molecule has 2 nitrogen and oxygen atoms in total. The van der Waals surface area contributed by atoms with Crippen molar-refractivity contribution in [1.29, 1.82) is 0 Å². The van der Waals surface area contributed by atoms with Gasteiger partial charge in [0.05, 0.1) is 6.61 Å². The van der Waals surface area contributed by atoms with E-state index < -0.39 is 0 Å². The summed E-state index contributed by atoms with van der Waals surface area (Å²) in [6.07, 6.45) is 8.20. The number of rotatable bonds is 3. The highest BCUT2D eigenvalue weighted by Crippen LogP contribution is 2.52. The topological polar surface area (TPSA) is 32.3 Å². The first kappa shape index (κ1) is 11.4. The third-order valence-corrected chi connectivity index (χ3v) is 4.74. The van der Waals surface area contributed by atoms with Gasteiger partial charge >= 0.3 is 0 Å². The minimum atomic E-state index is 0.302. The summed E-state index contributed by atoms with van der Waals surface area (Å²) in [4.78, 5) is 0. The Morgan fingerprint density at radius 1 is 1.47 bits per heavy atom. The molecule has 0 aromatic heterocycles. The van der Waals surface area contributed by atoms with Crippen LogP contribution in [-0.4, -0.2) is 24.8 Å². The van der Waals surface area contributed by atoms with Gasteiger partial charge in [0.2, 0.25) is 0 Å². The van der Waals surface area contributed by atoms with Crippen molar-refractivity contribution in [1.82, 2.24) is 5.32 Å². The zero-order chi connectivity index (χ0) is 10.9. The van der Waals surface area contributed by atoms with Crippen LogP contribution in [0.3, 0.4) is 0 Å². The molecule has 15 heavy (non-hydrogen) atoms. The quantitative estimate of drug-likeness (QED) is 0.750. The Morgan fingerprint density at radius 3 is 2.93 bits per heavy atom. The molecule has 2 fully saturated rings. The van der Waals surface area contributed by atoms with Gasteiger partial charge < -0.3 is 10.4 Å². The van der Waals surface area contributed by atoms with Crippen LogP contribution < -0.4 is 5.32 Å². The smallest absolute Gasteiger partial charge is 0.0589 e. The molecule has 2 aliphatic rings. The summed E-state index contributed by atoms with van der Waals surface area (Å²) in [5.74, 6) is 1.79. The molecule has 88 valence electrons. The predicted octanol–water partition coefficient (Wildman–Crippen LogP) is 2.17. The molecule has 2 saturated carbocycles. The fourth-order valence-corrected chi connectivity index (χ4v) is 4.30. The van der Waals surface area contributed by atoms with Crippen molar-refractivity contribution >= 4 is 0 Å². The average Bonchev–Trinajstić information content (AvgIpc) is 2.18. The van der Waals surface area contributed by atoms with Crippen molar-refractivity contribution in [2.24, 2.45) is 17.3 Å². The maximum Gasteiger partial charge on any atom is 0.0589 e. The van der Waals surface area contributed by atoms with Gasteiger partial charge in [0.1, 0.15) is 0 Å². The van der Waals surface area contributed by atoms with Gasteiger partial charge in [-0.2, -0.15) is 0 Å². The van der Waals surface area contributed by atoms with E-state index in [0.717, 1.165) is 11.8 Å². The highest BCUT2D eigenvalue weighted by atomic mass is 16.3. The van der Waals surface area contributed by atoms with Crippen LogP contribution in [0.25, 0.3) is 0 Å². The van der Waals surface area contributed by atoms with Gasteiger partial charge in [-0.1, -0.05) is 19.8 Å². The summed E-state index contributed by atoms with van der Waals surface area (Å²) in [6, 6.07) is 0.322. The summed E-state index contributed by atoms with van der Waals surface area (Å²) >= 11 is 0. The Morgan fingerprint density at radius 2 is 2.27 bits per heavy atom. The van der Waals surface area contributed by atoms with E-state index in [1.807, 2.05) is 7.05 Å². The first-order chi connectivity index (χ1) is 7.20. The summed E-state index contributed by atoms with van der Waals surface area (Å²) in [6.45, 7) is 2.69. The third-order valence-electron chi connectivity index (χ3n) is 4.74. The molecule has 2 aliphatic carbocycles. The van der Waals surface area contributed by atoms with Gasteiger partial charge in [0, 0.05) is 6.04 Å². The maximum absolute atomic E-state index is 9.51. The zero-order valence-corrected chi connectivity index (χ0v) is 10.1. The Balaban J connectivity index is 2.15. The fraction of sp³-hybridized carbons (Fsp3) is 1.00. The number of aliphatic hydroxyl groups is 1. The molecule has 0 heterocycles. The van der Waals surface area contributed by atoms with Crippen molar-refractivity contribution in [3.63, 3.8) is 0 Å². The molecule has 0 amide bonds. The molecule has 0 radical (unpaired) electrons. The molecular formula is C13H25NO. The molecule has 0 aliphatic heterocycles. The normalized spacial score (nSPS) is 42.6. The number of likely N-dealkylation sites (N-methyl/N-ethyl adjacent to an activating group) is 1. The van der Waals surface area contributed by atoms with E-state index in [1.54, 1.807) is 0 Å². The highest BCUT2D eigenvalue weighted by molar-refractivity contribution is 4.99. The minimum absolute atomic E-state index is 0.302. The van der Waals surface area contributed by atoms with Gasteiger partial charge in [-0.25, -0.2) is 0 Å². The Bertz CT molecular complexity index is 211.